The standard InChI is InChI=1S/C20H24N2O4/c1-22(24)9-7-14-12-8-10-26-11-20(14,19(23)25-2)18-16(17(12)22)13-5-3-4-6-15(13)21-18/h3-6,12,14,17,21H,7-11H2,1-2H3. The molecule has 0 amide bonds. The van der Waals surface area contributed by atoms with Gasteiger partial charge in [0.2, 0.25) is 0 Å². The largest absolute Gasteiger partial charge is 0.633 e. The van der Waals surface area contributed by atoms with Crippen molar-refractivity contribution < 1.29 is 18.9 Å². The van der Waals surface area contributed by atoms with Gasteiger partial charge in [-0.25, -0.2) is 0 Å². The van der Waals surface area contributed by atoms with Crippen LogP contribution in [0.5, 0.6) is 0 Å². The van der Waals surface area contributed by atoms with E-state index in [4.69, 9.17) is 9.47 Å². The Labute approximate surface area is 152 Å². The number of benzene rings is 1. The van der Waals surface area contributed by atoms with Crippen molar-refractivity contribution in [3.63, 3.8) is 0 Å². The molecule has 6 nitrogen and oxygen atoms in total. The molecule has 3 heterocycles. The maximum Gasteiger partial charge on any atom is 0.320 e. The number of likely N-dealkylation sites (tertiary alicyclic amines) is 1. The normalized spacial score (nSPS) is 38.5. The Balaban J connectivity index is 1.90. The first-order chi connectivity index (χ1) is 12.5. The third kappa shape index (κ3) is 1.84. The first kappa shape index (κ1) is 16.3. The summed E-state index contributed by atoms with van der Waals surface area (Å²) in [5.41, 5.74) is 1.98. The molecule has 5 atom stereocenters. The number of rotatable bonds is 1. The van der Waals surface area contributed by atoms with Gasteiger partial charge in [-0.3, -0.25) is 4.79 Å². The van der Waals surface area contributed by atoms with Gasteiger partial charge in [-0.15, -0.1) is 0 Å². The first-order valence-corrected chi connectivity index (χ1v) is 9.34. The number of aromatic nitrogens is 1. The third-order valence-corrected chi connectivity index (χ3v) is 6.99. The van der Waals surface area contributed by atoms with Crippen molar-refractivity contribution in [2.45, 2.75) is 24.3 Å². The van der Waals surface area contributed by atoms with Gasteiger partial charge in [0.25, 0.3) is 0 Å². The van der Waals surface area contributed by atoms with E-state index >= 15 is 0 Å². The van der Waals surface area contributed by atoms with Gasteiger partial charge < -0.3 is 24.3 Å². The molecule has 138 valence electrons. The highest BCUT2D eigenvalue weighted by molar-refractivity contribution is 5.92. The van der Waals surface area contributed by atoms with Crippen LogP contribution in [0.1, 0.15) is 30.1 Å². The summed E-state index contributed by atoms with van der Waals surface area (Å²) >= 11 is 0. The molecule has 26 heavy (non-hydrogen) atoms. The van der Waals surface area contributed by atoms with Crippen LogP contribution in [0.2, 0.25) is 0 Å². The maximum absolute atomic E-state index is 13.5. The number of nitrogens with one attached hydrogen (secondary N) is 1. The molecule has 1 aromatic carbocycles. The highest BCUT2D eigenvalue weighted by Crippen LogP contribution is 2.60. The zero-order valence-electron chi connectivity index (χ0n) is 15.2. The molecule has 2 aromatic rings. The van der Waals surface area contributed by atoms with Crippen LogP contribution in [-0.2, 0) is 19.7 Å². The number of carbonyl (C=O) groups excluding carboxylic acids is 1. The SMILES string of the molecule is COC(=O)C12COCCC3C1CC[N+](C)([O-])C3c1c2[nH]c2ccccc12. The van der Waals surface area contributed by atoms with Crippen molar-refractivity contribution in [3.8, 4) is 0 Å². The summed E-state index contributed by atoms with van der Waals surface area (Å²) in [5, 5.41) is 14.5. The van der Waals surface area contributed by atoms with E-state index < -0.39 is 5.41 Å². The molecule has 3 aliphatic rings. The van der Waals surface area contributed by atoms with Crippen molar-refractivity contribution in [1.29, 1.82) is 0 Å². The Bertz CT molecular complexity index is 889. The molecule has 2 aliphatic heterocycles. The summed E-state index contributed by atoms with van der Waals surface area (Å²) in [7, 11) is 3.23. The van der Waals surface area contributed by atoms with Crippen LogP contribution >= 0.6 is 0 Å². The quantitative estimate of drug-likeness (QED) is 0.484. The van der Waals surface area contributed by atoms with Crippen molar-refractivity contribution in [3.05, 3.63) is 40.7 Å². The van der Waals surface area contributed by atoms with Crippen LogP contribution in [0.15, 0.2) is 24.3 Å². The van der Waals surface area contributed by atoms with E-state index in [1.165, 1.54) is 7.11 Å². The van der Waals surface area contributed by atoms with Crippen molar-refractivity contribution in [1.82, 2.24) is 4.98 Å². The molecule has 4 bridgehead atoms. The minimum Gasteiger partial charge on any atom is -0.633 e. The molecule has 1 aromatic heterocycles. The molecule has 5 rings (SSSR count). The summed E-state index contributed by atoms with van der Waals surface area (Å²) in [4.78, 5) is 16.6. The number of hydrogen-bond acceptors (Lipinski definition) is 4. The number of methoxy groups -OCH3 is 1. The Morgan fingerprint density at radius 2 is 2.19 bits per heavy atom. The fraction of sp³-hybridized carbons (Fsp3) is 0.550. The molecule has 6 heteroatoms. The second-order valence-electron chi connectivity index (χ2n) is 8.17. The van der Waals surface area contributed by atoms with Gasteiger partial charge in [0, 0.05) is 41.1 Å². The highest BCUT2D eigenvalue weighted by atomic mass is 16.5. The molecular weight excluding hydrogens is 332 g/mol. The number of nitrogens with zero attached hydrogens (tertiary/aromatic N) is 1. The average Bonchev–Trinajstić information content (AvgIpc) is 2.93. The number of fused-ring (bicyclic) bond motifs is 5. The predicted molar refractivity (Wildman–Crippen MR) is 96.2 cm³/mol. The molecule has 1 aliphatic carbocycles. The van der Waals surface area contributed by atoms with Gasteiger partial charge in [0.15, 0.2) is 0 Å². The van der Waals surface area contributed by atoms with Crippen LogP contribution in [0, 0.1) is 17.0 Å². The van der Waals surface area contributed by atoms with E-state index in [1.807, 2.05) is 18.2 Å². The first-order valence-electron chi connectivity index (χ1n) is 9.34. The van der Waals surface area contributed by atoms with E-state index in [9.17, 15) is 10.0 Å². The van der Waals surface area contributed by atoms with Gasteiger partial charge in [-0.1, -0.05) is 18.2 Å². The van der Waals surface area contributed by atoms with Crippen LogP contribution in [0.4, 0.5) is 0 Å². The number of piperidine rings is 1. The summed E-state index contributed by atoms with van der Waals surface area (Å²) in [6.07, 6.45) is 1.53. The van der Waals surface area contributed by atoms with Crippen LogP contribution in [-0.4, -0.2) is 49.5 Å². The van der Waals surface area contributed by atoms with Crippen molar-refractivity contribution >= 4 is 16.9 Å². The fourth-order valence-electron chi connectivity index (χ4n) is 5.97. The average molecular weight is 356 g/mol. The fourth-order valence-corrected chi connectivity index (χ4v) is 5.97. The van der Waals surface area contributed by atoms with Gasteiger partial charge in [0.05, 0.1) is 27.3 Å². The molecule has 5 unspecified atom stereocenters. The van der Waals surface area contributed by atoms with E-state index in [2.05, 4.69) is 11.1 Å². The monoisotopic (exact) mass is 356 g/mol. The summed E-state index contributed by atoms with van der Waals surface area (Å²) < 4.78 is 10.9. The molecular formula is C20H24N2O4. The number of para-hydroxylation sites is 1. The zero-order valence-corrected chi connectivity index (χ0v) is 15.2. The second-order valence-corrected chi connectivity index (χ2v) is 8.17. The van der Waals surface area contributed by atoms with E-state index in [0.717, 1.165) is 28.6 Å². The second kappa shape index (κ2) is 5.31. The molecule has 2 fully saturated rings. The molecule has 2 saturated heterocycles. The van der Waals surface area contributed by atoms with Gasteiger partial charge in [-0.05, 0) is 18.4 Å². The predicted octanol–water partition coefficient (Wildman–Crippen LogP) is 2.63. The number of quaternary nitrogens is 1. The zero-order chi connectivity index (χ0) is 18.1. The van der Waals surface area contributed by atoms with E-state index in [0.29, 0.717) is 26.2 Å². The maximum atomic E-state index is 13.5. The number of aromatic amines is 1. The highest BCUT2D eigenvalue weighted by Gasteiger charge is 2.64. The number of hydrogen-bond donors (Lipinski definition) is 1. The number of carbonyl (C=O) groups is 1. The smallest absolute Gasteiger partial charge is 0.320 e. The number of H-pyrrole nitrogens is 1. The third-order valence-electron chi connectivity index (χ3n) is 6.99. The lowest BCUT2D eigenvalue weighted by Gasteiger charge is -2.59. The lowest BCUT2D eigenvalue weighted by Crippen LogP contribution is -2.62. The van der Waals surface area contributed by atoms with Gasteiger partial charge in [0.1, 0.15) is 11.5 Å². The van der Waals surface area contributed by atoms with Crippen molar-refractivity contribution in [2.75, 3.05) is 33.9 Å². The van der Waals surface area contributed by atoms with Gasteiger partial charge >= 0.3 is 5.97 Å². The lowest BCUT2D eigenvalue weighted by molar-refractivity contribution is -0.905. The summed E-state index contributed by atoms with van der Waals surface area (Å²) in [6.45, 7) is 1.41. The molecule has 0 radical (unpaired) electrons. The Kier molecular flexibility index (Phi) is 3.33. The number of hydroxylamine groups is 3. The number of esters is 1. The molecule has 1 N–H and O–H groups in total. The van der Waals surface area contributed by atoms with Gasteiger partial charge in [-0.2, -0.15) is 0 Å². The summed E-state index contributed by atoms with van der Waals surface area (Å²) in [6, 6.07) is 7.86. The van der Waals surface area contributed by atoms with E-state index in [-0.39, 0.29) is 28.5 Å². The topological polar surface area (TPSA) is 74.4 Å². The number of ether oxygens (including phenoxy) is 2. The Morgan fingerprint density at radius 3 is 3.00 bits per heavy atom. The minimum atomic E-state index is -0.846. The van der Waals surface area contributed by atoms with Crippen LogP contribution in [0.3, 0.4) is 0 Å². The van der Waals surface area contributed by atoms with Crippen molar-refractivity contribution in [2.24, 2.45) is 11.8 Å². The van der Waals surface area contributed by atoms with Crippen LogP contribution < -0.4 is 0 Å². The molecule has 0 spiro atoms. The molecule has 0 saturated carbocycles. The lowest BCUT2D eigenvalue weighted by atomic mass is 9.56. The Hall–Kier alpha value is -1.89. The Morgan fingerprint density at radius 1 is 1.38 bits per heavy atom. The minimum absolute atomic E-state index is 0.0724. The van der Waals surface area contributed by atoms with E-state index in [1.54, 1.807) is 7.05 Å². The summed E-state index contributed by atoms with van der Waals surface area (Å²) in [5.74, 6) is -0.0506. The van der Waals surface area contributed by atoms with Crippen LogP contribution in [0.25, 0.3) is 10.9 Å².